The van der Waals surface area contributed by atoms with Crippen LogP contribution in [0.1, 0.15) is 0 Å². The number of hydrogen-bond donors (Lipinski definition) is 4. The Hall–Kier alpha value is 0.140. The third-order valence-corrected chi connectivity index (χ3v) is 7.01. The summed E-state index contributed by atoms with van der Waals surface area (Å²) < 4.78 is 8.12. The number of H-pyrrole nitrogens is 2. The molecule has 0 aliphatic rings. The Bertz CT molecular complexity index is 639. The predicted octanol–water partition coefficient (Wildman–Crippen LogP) is 2.34. The zero-order chi connectivity index (χ0) is 16.7. The Kier molecular flexibility index (Phi) is 8.64. The summed E-state index contributed by atoms with van der Waals surface area (Å²) >= 11 is 15.4. The number of hydrogen-bond acceptors (Lipinski definition) is 11. The van der Waals surface area contributed by atoms with E-state index in [1.165, 1.54) is 46.2 Å². The van der Waals surface area contributed by atoms with Crippen molar-refractivity contribution in [3.05, 3.63) is 7.91 Å². The van der Waals surface area contributed by atoms with Gasteiger partial charge in [-0.2, -0.15) is 10.2 Å². The molecule has 0 aliphatic carbocycles. The van der Waals surface area contributed by atoms with Crippen LogP contribution in [0.4, 0.5) is 0 Å². The van der Waals surface area contributed by atoms with Crippen LogP contribution in [0.25, 0.3) is 0 Å². The summed E-state index contributed by atoms with van der Waals surface area (Å²) in [5, 5.41) is 33.0. The van der Waals surface area contributed by atoms with Crippen molar-refractivity contribution in [2.75, 3.05) is 24.7 Å². The van der Waals surface area contributed by atoms with Gasteiger partial charge < -0.3 is 14.9 Å². The van der Waals surface area contributed by atoms with Gasteiger partial charge in [0, 0.05) is 11.5 Å². The largest absolute Gasteiger partial charge is 0.390 e. The van der Waals surface area contributed by atoms with Gasteiger partial charge in [0.25, 0.3) is 0 Å². The molecule has 2 atom stereocenters. The maximum atomic E-state index is 9.82. The van der Waals surface area contributed by atoms with Gasteiger partial charge >= 0.3 is 0 Å². The van der Waals surface area contributed by atoms with E-state index >= 15 is 0 Å². The highest BCUT2D eigenvalue weighted by Crippen LogP contribution is 2.22. The molecule has 0 fully saturated rings. The number of nitrogens with one attached hydrogen (secondary N) is 2. The summed E-state index contributed by atoms with van der Waals surface area (Å²) in [5.74, 6) is 0.912. The average molecular weight is 431 g/mol. The minimum absolute atomic E-state index is 0.159. The number of rotatable bonds is 10. The molecule has 2 aromatic rings. The van der Waals surface area contributed by atoms with Crippen LogP contribution < -0.4 is 0 Å². The lowest BCUT2D eigenvalue weighted by Crippen LogP contribution is -2.24. The molecule has 2 heterocycles. The number of aromatic nitrogens is 4. The first-order chi connectivity index (χ1) is 11.0. The van der Waals surface area contributed by atoms with Crippen molar-refractivity contribution in [3.63, 3.8) is 0 Å². The summed E-state index contributed by atoms with van der Waals surface area (Å²) in [6.07, 6.45) is -1.26. The topological polar surface area (TPSA) is 107 Å². The monoisotopic (exact) mass is 430 g/mol. The van der Waals surface area contributed by atoms with Crippen LogP contribution >= 0.6 is 70.6 Å². The summed E-state index contributed by atoms with van der Waals surface area (Å²) in [5.41, 5.74) is 0. The molecule has 2 rings (SSSR count). The second kappa shape index (κ2) is 10.2. The molecule has 0 radical (unpaired) electrons. The van der Waals surface area contributed by atoms with Crippen LogP contribution in [0.3, 0.4) is 0 Å². The van der Waals surface area contributed by atoms with Crippen LogP contribution in [-0.4, -0.2) is 67.5 Å². The number of ether oxygens (including phenoxy) is 1. The Morgan fingerprint density at radius 2 is 1.39 bits per heavy atom. The number of aromatic amines is 2. The Morgan fingerprint density at radius 3 is 1.74 bits per heavy atom. The maximum Gasteiger partial charge on any atom is 0.177 e. The van der Waals surface area contributed by atoms with Gasteiger partial charge in [-0.05, 0) is 24.4 Å². The lowest BCUT2D eigenvalue weighted by molar-refractivity contribution is 0.00670. The molecule has 0 aromatic carbocycles. The molecule has 2 unspecified atom stereocenters. The lowest BCUT2D eigenvalue weighted by Gasteiger charge is -2.13. The smallest absolute Gasteiger partial charge is 0.177 e. The molecule has 0 saturated carbocycles. The zero-order valence-corrected chi connectivity index (χ0v) is 16.5. The molecule has 0 spiro atoms. The standard InChI is InChI=1S/C10H14N4O3S6/c15-5(3-20-9-13-11-7(18)22-9)1-17-2-6(16)4-21-10-14-12-8(19)23-10/h5-6,15-16H,1-4H2,(H,11,18)(H,12,19). The third-order valence-electron chi connectivity index (χ3n) is 2.26. The third kappa shape index (κ3) is 7.70. The second-order valence-corrected chi connectivity index (χ2v) is 10.1. The number of aliphatic hydroxyl groups is 2. The molecule has 0 amide bonds. The molecular formula is C10H14N4O3S6. The summed E-state index contributed by atoms with van der Waals surface area (Å²) in [6, 6.07) is 0. The first kappa shape index (κ1) is 19.5. The van der Waals surface area contributed by atoms with Crippen molar-refractivity contribution < 1.29 is 14.9 Å². The molecule has 0 bridgehead atoms. The average Bonchev–Trinajstić information content (AvgIpc) is 3.11. The van der Waals surface area contributed by atoms with Gasteiger partial charge in [0.1, 0.15) is 0 Å². The molecule has 0 aliphatic heterocycles. The van der Waals surface area contributed by atoms with Crippen LogP contribution in [0, 0.1) is 7.91 Å². The lowest BCUT2D eigenvalue weighted by atomic mass is 10.4. The van der Waals surface area contributed by atoms with Gasteiger partial charge in [0.15, 0.2) is 16.6 Å². The van der Waals surface area contributed by atoms with Crippen LogP contribution in [-0.2, 0) is 4.74 Å². The van der Waals surface area contributed by atoms with Crippen LogP contribution in [0.2, 0.25) is 0 Å². The van der Waals surface area contributed by atoms with Gasteiger partial charge in [-0.25, -0.2) is 0 Å². The number of thioether (sulfide) groups is 2. The van der Waals surface area contributed by atoms with E-state index in [9.17, 15) is 10.2 Å². The summed E-state index contributed by atoms with van der Waals surface area (Å²) in [4.78, 5) is 0. The molecule has 128 valence electrons. The van der Waals surface area contributed by atoms with Crippen molar-refractivity contribution in [2.45, 2.75) is 20.9 Å². The molecule has 23 heavy (non-hydrogen) atoms. The fourth-order valence-electron chi connectivity index (χ4n) is 1.33. The molecule has 7 nitrogen and oxygen atoms in total. The first-order valence-corrected chi connectivity index (χ1v) is 10.8. The van der Waals surface area contributed by atoms with E-state index in [0.717, 1.165) is 8.68 Å². The highest BCUT2D eigenvalue weighted by molar-refractivity contribution is 8.01. The van der Waals surface area contributed by atoms with E-state index in [0.29, 0.717) is 19.4 Å². The summed E-state index contributed by atoms with van der Waals surface area (Å²) in [7, 11) is 0. The zero-order valence-electron chi connectivity index (χ0n) is 11.6. The van der Waals surface area contributed by atoms with Crippen LogP contribution in [0.15, 0.2) is 8.68 Å². The molecule has 2 aromatic heterocycles. The van der Waals surface area contributed by atoms with E-state index < -0.39 is 12.2 Å². The predicted molar refractivity (Wildman–Crippen MR) is 98.9 cm³/mol. The van der Waals surface area contributed by atoms with Crippen molar-refractivity contribution in [1.29, 1.82) is 0 Å². The van der Waals surface area contributed by atoms with Gasteiger partial charge in [-0.15, -0.1) is 0 Å². The fourth-order valence-corrected chi connectivity index (χ4v) is 5.35. The van der Waals surface area contributed by atoms with Crippen molar-refractivity contribution in [2.24, 2.45) is 0 Å². The Labute approximate surface area is 158 Å². The van der Waals surface area contributed by atoms with E-state index in [2.05, 4.69) is 20.4 Å². The number of nitrogens with zero attached hydrogens (tertiary/aromatic N) is 2. The Morgan fingerprint density at radius 1 is 0.957 bits per heavy atom. The SMILES string of the molecule is OC(COCC(O)CSc1n[nH]c(=S)s1)CSc1n[nH]c(=S)s1. The fraction of sp³-hybridized carbons (Fsp3) is 0.600. The quantitative estimate of drug-likeness (QED) is 0.334. The molecular weight excluding hydrogens is 417 g/mol. The Balaban J connectivity index is 1.56. The van der Waals surface area contributed by atoms with Crippen LogP contribution in [0.5, 0.6) is 0 Å². The second-order valence-electron chi connectivity index (χ2n) is 4.23. The van der Waals surface area contributed by atoms with Crippen molar-refractivity contribution >= 4 is 70.6 Å². The first-order valence-electron chi connectivity index (χ1n) is 6.33. The molecule has 4 N–H and O–H groups in total. The summed E-state index contributed by atoms with van der Waals surface area (Å²) in [6.45, 7) is 0.317. The minimum atomic E-state index is -0.631. The highest BCUT2D eigenvalue weighted by atomic mass is 32.2. The van der Waals surface area contributed by atoms with Crippen molar-refractivity contribution in [3.8, 4) is 0 Å². The molecule has 0 saturated heterocycles. The van der Waals surface area contributed by atoms with Gasteiger partial charge in [-0.1, -0.05) is 46.2 Å². The van der Waals surface area contributed by atoms with Gasteiger partial charge in [-0.3, -0.25) is 10.2 Å². The van der Waals surface area contributed by atoms with E-state index in [-0.39, 0.29) is 13.2 Å². The van der Waals surface area contributed by atoms with E-state index in [1.54, 1.807) is 0 Å². The van der Waals surface area contributed by atoms with Gasteiger partial charge in [0.2, 0.25) is 0 Å². The highest BCUT2D eigenvalue weighted by Gasteiger charge is 2.11. The normalized spacial score (nSPS) is 14.0. The molecule has 13 heteroatoms. The number of aliphatic hydroxyl groups excluding tert-OH is 2. The minimum Gasteiger partial charge on any atom is -0.390 e. The van der Waals surface area contributed by atoms with E-state index in [1.807, 2.05) is 0 Å². The van der Waals surface area contributed by atoms with Crippen molar-refractivity contribution in [1.82, 2.24) is 20.4 Å². The van der Waals surface area contributed by atoms with E-state index in [4.69, 9.17) is 29.2 Å². The maximum absolute atomic E-state index is 9.82. The van der Waals surface area contributed by atoms with Gasteiger partial charge in [0.05, 0.1) is 25.4 Å².